The van der Waals surface area contributed by atoms with Crippen molar-refractivity contribution in [3.63, 3.8) is 0 Å². The van der Waals surface area contributed by atoms with Crippen LogP contribution in [0.5, 0.6) is 0 Å². The van der Waals surface area contributed by atoms with Gasteiger partial charge in [0.1, 0.15) is 0 Å². The third kappa shape index (κ3) is 2.07. The van der Waals surface area contributed by atoms with Gasteiger partial charge in [-0.3, -0.25) is 0 Å². The molecule has 0 atom stereocenters. The fourth-order valence-corrected chi connectivity index (χ4v) is 1.75. The van der Waals surface area contributed by atoms with E-state index in [1.807, 2.05) is 0 Å². The van der Waals surface area contributed by atoms with Gasteiger partial charge in [-0.15, -0.1) is 0 Å². The Bertz CT molecular complexity index is 292. The van der Waals surface area contributed by atoms with Crippen LogP contribution in [-0.4, -0.2) is 19.6 Å². The molecule has 0 aromatic heterocycles. The van der Waals surface area contributed by atoms with E-state index in [0.717, 1.165) is 18.9 Å². The van der Waals surface area contributed by atoms with Crippen LogP contribution in [0, 0.1) is 5.92 Å². The first-order valence-corrected chi connectivity index (χ1v) is 5.42. The van der Waals surface area contributed by atoms with E-state index in [1.54, 1.807) is 0 Å². The van der Waals surface area contributed by atoms with Gasteiger partial charge >= 0.3 is 0 Å². The van der Waals surface area contributed by atoms with Crippen molar-refractivity contribution in [3.05, 3.63) is 29.8 Å². The second kappa shape index (κ2) is 4.47. The van der Waals surface area contributed by atoms with Gasteiger partial charge in [0.25, 0.3) is 0 Å². The van der Waals surface area contributed by atoms with Crippen molar-refractivity contribution in [2.75, 3.05) is 25.0 Å². The van der Waals surface area contributed by atoms with Crippen molar-refractivity contribution < 1.29 is 0 Å². The molecule has 0 radical (unpaired) electrons. The van der Waals surface area contributed by atoms with Crippen molar-refractivity contribution in [1.82, 2.24) is 5.32 Å². The van der Waals surface area contributed by atoms with Crippen LogP contribution in [0.2, 0.25) is 0 Å². The maximum Gasteiger partial charge on any atom is 0.0372 e. The SMILES string of the molecule is CCc1ccccc1NCC1CNC1. The Labute approximate surface area is 85.7 Å². The first kappa shape index (κ1) is 9.53. The van der Waals surface area contributed by atoms with Crippen molar-refractivity contribution in [3.8, 4) is 0 Å². The number of rotatable bonds is 4. The molecule has 2 N–H and O–H groups in total. The standard InChI is InChI=1S/C12H18N2/c1-2-11-5-3-4-6-12(11)14-9-10-7-13-8-10/h3-6,10,13-14H,2,7-9H2,1H3. The Hall–Kier alpha value is -1.02. The highest BCUT2D eigenvalue weighted by atomic mass is 15.0. The summed E-state index contributed by atoms with van der Waals surface area (Å²) in [4.78, 5) is 0. The third-order valence-corrected chi connectivity index (χ3v) is 2.85. The van der Waals surface area contributed by atoms with Gasteiger partial charge in [0.2, 0.25) is 0 Å². The van der Waals surface area contributed by atoms with Crippen LogP contribution < -0.4 is 10.6 Å². The van der Waals surface area contributed by atoms with Crippen LogP contribution in [0.1, 0.15) is 12.5 Å². The number of nitrogens with one attached hydrogen (secondary N) is 2. The van der Waals surface area contributed by atoms with Gasteiger partial charge in [-0.1, -0.05) is 25.1 Å². The van der Waals surface area contributed by atoms with E-state index in [9.17, 15) is 0 Å². The van der Waals surface area contributed by atoms with Gasteiger partial charge in [0.15, 0.2) is 0 Å². The number of hydrogen-bond donors (Lipinski definition) is 2. The minimum atomic E-state index is 0.819. The number of para-hydroxylation sites is 1. The lowest BCUT2D eigenvalue weighted by Crippen LogP contribution is -2.45. The molecule has 1 aliphatic rings. The molecule has 2 rings (SSSR count). The predicted molar refractivity (Wildman–Crippen MR) is 60.7 cm³/mol. The van der Waals surface area contributed by atoms with Gasteiger partial charge in [0, 0.05) is 31.2 Å². The molecule has 0 aliphatic carbocycles. The summed E-state index contributed by atoms with van der Waals surface area (Å²) in [6.45, 7) is 5.64. The fourth-order valence-electron chi connectivity index (χ4n) is 1.75. The van der Waals surface area contributed by atoms with Crippen LogP contribution in [0.15, 0.2) is 24.3 Å². The number of hydrogen-bond acceptors (Lipinski definition) is 2. The molecular weight excluding hydrogens is 172 g/mol. The van der Waals surface area contributed by atoms with Crippen LogP contribution in [0.3, 0.4) is 0 Å². The van der Waals surface area contributed by atoms with E-state index in [1.165, 1.54) is 24.3 Å². The molecule has 14 heavy (non-hydrogen) atoms. The summed E-state index contributed by atoms with van der Waals surface area (Å²) in [5.41, 5.74) is 2.72. The van der Waals surface area contributed by atoms with Crippen LogP contribution in [-0.2, 0) is 6.42 Å². The summed E-state index contributed by atoms with van der Waals surface area (Å²) in [6, 6.07) is 8.57. The maximum atomic E-state index is 3.53. The first-order chi connectivity index (χ1) is 6.90. The van der Waals surface area contributed by atoms with Crippen molar-refractivity contribution >= 4 is 5.69 Å². The Morgan fingerprint density at radius 1 is 1.36 bits per heavy atom. The van der Waals surface area contributed by atoms with Crippen molar-refractivity contribution in [2.24, 2.45) is 5.92 Å². The monoisotopic (exact) mass is 190 g/mol. The maximum absolute atomic E-state index is 3.53. The fraction of sp³-hybridized carbons (Fsp3) is 0.500. The molecule has 1 heterocycles. The first-order valence-electron chi connectivity index (χ1n) is 5.42. The predicted octanol–water partition coefficient (Wildman–Crippen LogP) is 1.88. The van der Waals surface area contributed by atoms with Crippen molar-refractivity contribution in [2.45, 2.75) is 13.3 Å². The zero-order valence-electron chi connectivity index (χ0n) is 8.72. The summed E-state index contributed by atoms with van der Waals surface area (Å²) in [5.74, 6) is 0.819. The lowest BCUT2D eigenvalue weighted by molar-refractivity contribution is 0.365. The van der Waals surface area contributed by atoms with Crippen molar-refractivity contribution in [1.29, 1.82) is 0 Å². The topological polar surface area (TPSA) is 24.1 Å². The summed E-state index contributed by atoms with van der Waals surface area (Å²) in [6.07, 6.45) is 1.10. The zero-order valence-corrected chi connectivity index (χ0v) is 8.72. The molecule has 76 valence electrons. The molecule has 0 unspecified atom stereocenters. The summed E-state index contributed by atoms with van der Waals surface area (Å²) < 4.78 is 0. The van der Waals surface area contributed by atoms with Gasteiger partial charge in [0.05, 0.1) is 0 Å². The molecule has 1 aromatic rings. The van der Waals surface area contributed by atoms with Crippen LogP contribution >= 0.6 is 0 Å². The normalized spacial score (nSPS) is 16.4. The highest BCUT2D eigenvalue weighted by molar-refractivity contribution is 5.51. The Morgan fingerprint density at radius 2 is 2.14 bits per heavy atom. The second-order valence-electron chi connectivity index (χ2n) is 3.92. The summed E-state index contributed by atoms with van der Waals surface area (Å²) >= 11 is 0. The molecular formula is C12H18N2. The van der Waals surface area contributed by atoms with Gasteiger partial charge in [-0.05, 0) is 18.1 Å². The van der Waals surface area contributed by atoms with E-state index < -0.39 is 0 Å². The average Bonchev–Trinajstić information content (AvgIpc) is 2.16. The van der Waals surface area contributed by atoms with E-state index in [-0.39, 0.29) is 0 Å². The average molecular weight is 190 g/mol. The lowest BCUT2D eigenvalue weighted by atomic mass is 10.0. The van der Waals surface area contributed by atoms with E-state index >= 15 is 0 Å². The van der Waals surface area contributed by atoms with E-state index in [0.29, 0.717) is 0 Å². The molecule has 1 saturated heterocycles. The number of aryl methyl sites for hydroxylation is 1. The zero-order chi connectivity index (χ0) is 9.80. The molecule has 1 aromatic carbocycles. The molecule has 2 heteroatoms. The Kier molecular flexibility index (Phi) is 3.04. The van der Waals surface area contributed by atoms with E-state index in [2.05, 4.69) is 41.8 Å². The highest BCUT2D eigenvalue weighted by Gasteiger charge is 2.15. The molecule has 1 fully saturated rings. The summed E-state index contributed by atoms with van der Waals surface area (Å²) in [5, 5.41) is 6.81. The van der Waals surface area contributed by atoms with Gasteiger partial charge in [-0.2, -0.15) is 0 Å². The molecule has 0 spiro atoms. The Morgan fingerprint density at radius 3 is 2.79 bits per heavy atom. The lowest BCUT2D eigenvalue weighted by Gasteiger charge is -2.28. The Balaban J connectivity index is 1.93. The molecule has 2 nitrogen and oxygen atoms in total. The smallest absolute Gasteiger partial charge is 0.0372 e. The minimum absolute atomic E-state index is 0.819. The quantitative estimate of drug-likeness (QED) is 0.757. The van der Waals surface area contributed by atoms with Crippen LogP contribution in [0.4, 0.5) is 5.69 Å². The number of benzene rings is 1. The molecule has 0 saturated carbocycles. The van der Waals surface area contributed by atoms with Gasteiger partial charge < -0.3 is 10.6 Å². The highest BCUT2D eigenvalue weighted by Crippen LogP contribution is 2.16. The third-order valence-electron chi connectivity index (χ3n) is 2.85. The largest absolute Gasteiger partial charge is 0.384 e. The minimum Gasteiger partial charge on any atom is -0.384 e. The van der Waals surface area contributed by atoms with Crippen LogP contribution in [0.25, 0.3) is 0 Å². The van der Waals surface area contributed by atoms with E-state index in [4.69, 9.17) is 0 Å². The number of anilines is 1. The van der Waals surface area contributed by atoms with Gasteiger partial charge in [-0.25, -0.2) is 0 Å². The molecule has 0 amide bonds. The molecule has 1 aliphatic heterocycles. The summed E-state index contributed by atoms with van der Waals surface area (Å²) in [7, 11) is 0. The second-order valence-corrected chi connectivity index (χ2v) is 3.92. The molecule has 0 bridgehead atoms.